The van der Waals surface area contributed by atoms with E-state index in [1.54, 1.807) is 24.3 Å². The SMILES string of the molecule is C[C@@]1(c2ccc(N=C(N)N)cc2)NC(=O)N(CC(=O)O)C1=O. The quantitative estimate of drug-likeness (QED) is 0.332. The van der Waals surface area contributed by atoms with Crippen molar-refractivity contribution in [3.63, 3.8) is 0 Å². The van der Waals surface area contributed by atoms with E-state index in [1.807, 2.05) is 0 Å². The van der Waals surface area contributed by atoms with Crippen LogP contribution in [0.4, 0.5) is 10.5 Å². The van der Waals surface area contributed by atoms with E-state index in [9.17, 15) is 14.4 Å². The highest BCUT2D eigenvalue weighted by atomic mass is 16.4. The first kappa shape index (κ1) is 15.3. The molecule has 9 heteroatoms. The number of hydrogen-bond acceptors (Lipinski definition) is 4. The molecule has 6 N–H and O–H groups in total. The number of aliphatic imine (C=N–C) groups is 1. The Balaban J connectivity index is 2.31. The molecule has 1 heterocycles. The fourth-order valence-corrected chi connectivity index (χ4v) is 2.19. The van der Waals surface area contributed by atoms with Crippen LogP contribution in [-0.4, -0.2) is 40.4 Å². The van der Waals surface area contributed by atoms with E-state index in [1.165, 1.54) is 6.92 Å². The van der Waals surface area contributed by atoms with Crippen molar-refractivity contribution in [2.45, 2.75) is 12.5 Å². The van der Waals surface area contributed by atoms with Crippen molar-refractivity contribution in [3.8, 4) is 0 Å². The van der Waals surface area contributed by atoms with Crippen molar-refractivity contribution in [2.75, 3.05) is 6.54 Å². The van der Waals surface area contributed by atoms with E-state index in [0.29, 0.717) is 16.2 Å². The van der Waals surface area contributed by atoms with Gasteiger partial charge in [0.2, 0.25) is 0 Å². The molecule has 1 atom stereocenters. The van der Waals surface area contributed by atoms with Gasteiger partial charge in [0.05, 0.1) is 5.69 Å². The first-order chi connectivity index (χ1) is 10.2. The largest absolute Gasteiger partial charge is 0.480 e. The first-order valence-electron chi connectivity index (χ1n) is 6.30. The van der Waals surface area contributed by atoms with Gasteiger partial charge < -0.3 is 21.9 Å². The highest BCUT2D eigenvalue weighted by Gasteiger charge is 2.49. The fourth-order valence-electron chi connectivity index (χ4n) is 2.19. The number of amides is 3. The summed E-state index contributed by atoms with van der Waals surface area (Å²) in [5, 5.41) is 11.3. The van der Waals surface area contributed by atoms with Crippen LogP contribution in [0, 0.1) is 0 Å². The van der Waals surface area contributed by atoms with Gasteiger partial charge in [-0.25, -0.2) is 9.79 Å². The molecule has 0 bridgehead atoms. The molecule has 1 aliphatic rings. The average molecular weight is 305 g/mol. The van der Waals surface area contributed by atoms with Crippen LogP contribution in [0.1, 0.15) is 12.5 Å². The summed E-state index contributed by atoms with van der Waals surface area (Å²) >= 11 is 0. The number of imide groups is 1. The number of nitrogens with one attached hydrogen (secondary N) is 1. The third kappa shape index (κ3) is 2.68. The van der Waals surface area contributed by atoms with E-state index in [-0.39, 0.29) is 5.96 Å². The summed E-state index contributed by atoms with van der Waals surface area (Å²) < 4.78 is 0. The Bertz CT molecular complexity index is 666. The van der Waals surface area contributed by atoms with E-state index < -0.39 is 30.0 Å². The van der Waals surface area contributed by atoms with E-state index >= 15 is 0 Å². The molecule has 116 valence electrons. The zero-order valence-corrected chi connectivity index (χ0v) is 11.7. The predicted molar refractivity (Wildman–Crippen MR) is 77.1 cm³/mol. The van der Waals surface area contributed by atoms with Crippen LogP contribution in [0.15, 0.2) is 29.3 Å². The Morgan fingerprint density at radius 3 is 2.41 bits per heavy atom. The number of urea groups is 1. The number of hydrogen-bond donors (Lipinski definition) is 4. The molecule has 0 radical (unpaired) electrons. The van der Waals surface area contributed by atoms with Crippen molar-refractivity contribution in [1.82, 2.24) is 10.2 Å². The maximum atomic E-state index is 12.3. The lowest BCUT2D eigenvalue weighted by Gasteiger charge is -2.22. The average Bonchev–Trinajstić information content (AvgIpc) is 2.63. The third-order valence-corrected chi connectivity index (χ3v) is 3.27. The summed E-state index contributed by atoms with van der Waals surface area (Å²) in [6.07, 6.45) is 0. The Kier molecular flexibility index (Phi) is 3.72. The number of carboxylic acid groups (broad SMARTS) is 1. The minimum absolute atomic E-state index is 0.100. The fraction of sp³-hybridized carbons (Fsp3) is 0.231. The molecule has 0 aromatic heterocycles. The lowest BCUT2D eigenvalue weighted by molar-refractivity contribution is -0.142. The summed E-state index contributed by atoms with van der Waals surface area (Å²) in [5.41, 5.74) is 10.2. The number of aliphatic carboxylic acids is 1. The van der Waals surface area contributed by atoms with Gasteiger partial charge in [0.1, 0.15) is 12.1 Å². The number of benzene rings is 1. The van der Waals surface area contributed by atoms with Crippen molar-refractivity contribution < 1.29 is 19.5 Å². The predicted octanol–water partition coefficient (Wildman–Crippen LogP) is -0.557. The lowest BCUT2D eigenvalue weighted by Crippen LogP contribution is -2.41. The van der Waals surface area contributed by atoms with Crippen LogP contribution >= 0.6 is 0 Å². The molecule has 9 nitrogen and oxygen atoms in total. The molecule has 1 aromatic carbocycles. The molecule has 0 spiro atoms. The summed E-state index contributed by atoms with van der Waals surface area (Å²) in [4.78, 5) is 39.4. The molecule has 2 rings (SSSR count). The van der Waals surface area contributed by atoms with E-state index in [0.717, 1.165) is 0 Å². The normalized spacial score (nSPS) is 20.7. The minimum Gasteiger partial charge on any atom is -0.480 e. The van der Waals surface area contributed by atoms with Crippen molar-refractivity contribution in [1.29, 1.82) is 0 Å². The molecule has 1 aromatic rings. The number of nitrogens with two attached hydrogens (primary N) is 2. The van der Waals surface area contributed by atoms with E-state index in [4.69, 9.17) is 16.6 Å². The number of nitrogens with zero attached hydrogens (tertiary/aromatic N) is 2. The Morgan fingerprint density at radius 2 is 1.91 bits per heavy atom. The summed E-state index contributed by atoms with van der Waals surface area (Å²) in [5.74, 6) is -2.00. The van der Waals surface area contributed by atoms with Gasteiger partial charge in [0.25, 0.3) is 5.91 Å². The summed E-state index contributed by atoms with van der Waals surface area (Å²) in [6.45, 7) is 0.816. The number of carbonyl (C=O) groups is 3. The zero-order valence-electron chi connectivity index (χ0n) is 11.7. The van der Waals surface area contributed by atoms with Crippen LogP contribution in [0.3, 0.4) is 0 Å². The van der Waals surface area contributed by atoms with Gasteiger partial charge in [-0.3, -0.25) is 14.5 Å². The molecule has 1 fully saturated rings. The summed E-state index contributed by atoms with van der Waals surface area (Å²) in [7, 11) is 0. The van der Waals surface area contributed by atoms with Gasteiger partial charge in [-0.2, -0.15) is 0 Å². The highest BCUT2D eigenvalue weighted by Crippen LogP contribution is 2.29. The maximum absolute atomic E-state index is 12.3. The van der Waals surface area contributed by atoms with Crippen LogP contribution in [-0.2, 0) is 15.1 Å². The number of carboxylic acids is 1. The second-order valence-corrected chi connectivity index (χ2v) is 4.92. The van der Waals surface area contributed by atoms with Gasteiger partial charge in [-0.05, 0) is 24.6 Å². The Hall–Kier alpha value is -3.10. The van der Waals surface area contributed by atoms with Gasteiger partial charge in [0, 0.05) is 0 Å². The molecule has 1 saturated heterocycles. The Labute approximate surface area is 125 Å². The topological polar surface area (TPSA) is 151 Å². The minimum atomic E-state index is -1.33. The highest BCUT2D eigenvalue weighted by molar-refractivity contribution is 6.08. The zero-order chi connectivity index (χ0) is 16.5. The monoisotopic (exact) mass is 305 g/mol. The lowest BCUT2D eigenvalue weighted by atomic mass is 9.92. The maximum Gasteiger partial charge on any atom is 0.325 e. The van der Waals surface area contributed by atoms with Crippen LogP contribution in [0.2, 0.25) is 0 Å². The van der Waals surface area contributed by atoms with Crippen molar-refractivity contribution >= 4 is 29.6 Å². The second-order valence-electron chi connectivity index (χ2n) is 4.92. The van der Waals surface area contributed by atoms with Crippen LogP contribution < -0.4 is 16.8 Å². The van der Waals surface area contributed by atoms with E-state index in [2.05, 4.69) is 10.3 Å². The summed E-state index contributed by atoms with van der Waals surface area (Å²) in [6, 6.07) is 5.59. The second kappa shape index (κ2) is 5.35. The van der Waals surface area contributed by atoms with Crippen molar-refractivity contribution in [2.24, 2.45) is 16.5 Å². The molecule has 0 saturated carbocycles. The third-order valence-electron chi connectivity index (χ3n) is 3.27. The standard InChI is InChI=1S/C13H15N5O4/c1-13(7-2-4-8(5-3-7)16-11(14)15)10(21)18(6-9(19)20)12(22)17-13/h2-5H,6H2,1H3,(H,17,22)(H,19,20)(H4,14,15,16)/t13-/m0/s1. The number of guanidine groups is 1. The molecular formula is C13H15N5O4. The van der Waals surface area contributed by atoms with Crippen LogP contribution in [0.25, 0.3) is 0 Å². The molecule has 22 heavy (non-hydrogen) atoms. The molecule has 1 aliphatic heterocycles. The van der Waals surface area contributed by atoms with Gasteiger partial charge in [0.15, 0.2) is 5.96 Å². The van der Waals surface area contributed by atoms with Gasteiger partial charge in [-0.1, -0.05) is 12.1 Å². The molecular weight excluding hydrogens is 290 g/mol. The smallest absolute Gasteiger partial charge is 0.325 e. The van der Waals surface area contributed by atoms with Crippen LogP contribution in [0.5, 0.6) is 0 Å². The van der Waals surface area contributed by atoms with Gasteiger partial charge >= 0.3 is 12.0 Å². The number of carbonyl (C=O) groups excluding carboxylic acids is 2. The molecule has 3 amide bonds. The Morgan fingerprint density at radius 1 is 1.32 bits per heavy atom. The first-order valence-corrected chi connectivity index (χ1v) is 6.30. The van der Waals surface area contributed by atoms with Crippen molar-refractivity contribution in [3.05, 3.63) is 29.8 Å². The molecule has 0 unspecified atom stereocenters. The number of rotatable bonds is 4. The van der Waals surface area contributed by atoms with Gasteiger partial charge in [-0.15, -0.1) is 0 Å². The molecule has 0 aliphatic carbocycles.